The lowest BCUT2D eigenvalue weighted by Crippen LogP contribution is -2.31. The number of rotatable bonds is 4. The Morgan fingerprint density at radius 1 is 0.935 bits per heavy atom. The third-order valence-corrected chi connectivity index (χ3v) is 6.35. The van der Waals surface area contributed by atoms with Gasteiger partial charge in [0.25, 0.3) is 5.91 Å². The summed E-state index contributed by atoms with van der Waals surface area (Å²) in [4.78, 5) is 33.3. The summed E-state index contributed by atoms with van der Waals surface area (Å²) in [5, 5.41) is 0.635. The second kappa shape index (κ2) is 7.85. The molecule has 0 aliphatic rings. The molecule has 0 saturated carbocycles. The zero-order valence-electron chi connectivity index (χ0n) is 17.1. The first-order valence-electron chi connectivity index (χ1n) is 9.89. The number of benzene rings is 2. The molecule has 6 nitrogen and oxygen atoms in total. The molecule has 0 aliphatic heterocycles. The highest BCUT2D eigenvalue weighted by atomic mass is 32.1. The zero-order valence-corrected chi connectivity index (χ0v) is 17.9. The molecule has 0 atom stereocenters. The van der Waals surface area contributed by atoms with Gasteiger partial charge in [0.15, 0.2) is 5.13 Å². The van der Waals surface area contributed by atoms with Crippen molar-refractivity contribution >= 4 is 43.6 Å². The van der Waals surface area contributed by atoms with Gasteiger partial charge in [-0.3, -0.25) is 19.7 Å². The molecule has 0 aliphatic carbocycles. The number of nitrogens with zero attached hydrogens (tertiary/aromatic N) is 5. The Labute approximate surface area is 183 Å². The largest absolute Gasteiger partial charge is 0.280 e. The third-order valence-electron chi connectivity index (χ3n) is 5.14. The third kappa shape index (κ3) is 3.64. The first-order valence-corrected chi connectivity index (χ1v) is 10.7. The highest BCUT2D eigenvalue weighted by Crippen LogP contribution is 2.34. The van der Waals surface area contributed by atoms with Gasteiger partial charge in [0.1, 0.15) is 5.69 Å². The lowest BCUT2D eigenvalue weighted by atomic mass is 10.1. The fourth-order valence-corrected chi connectivity index (χ4v) is 4.57. The van der Waals surface area contributed by atoms with Gasteiger partial charge in [-0.25, -0.2) is 9.97 Å². The molecule has 1 amide bonds. The van der Waals surface area contributed by atoms with Crippen LogP contribution in [0.25, 0.3) is 21.3 Å². The van der Waals surface area contributed by atoms with E-state index in [0.717, 1.165) is 32.4 Å². The molecule has 3 aromatic heterocycles. The lowest BCUT2D eigenvalue weighted by Gasteiger charge is -2.19. The van der Waals surface area contributed by atoms with Gasteiger partial charge in [-0.1, -0.05) is 41.7 Å². The molecule has 7 heteroatoms. The average Bonchev–Trinajstić information content (AvgIpc) is 3.26. The number of aryl methyl sites for hydroxylation is 2. The highest BCUT2D eigenvalue weighted by molar-refractivity contribution is 7.22. The van der Waals surface area contributed by atoms with E-state index in [-0.39, 0.29) is 11.6 Å². The standard InChI is InChI=1S/C24H19N5OS/c1-15-9-10-16(2)22-21(15)28-24(31-22)29(14-17-6-5-11-25-12-17)23(30)20-13-26-18-7-3-4-8-19(18)27-20/h3-13H,14H2,1-2H3. The number of para-hydroxylation sites is 2. The van der Waals surface area contributed by atoms with Gasteiger partial charge >= 0.3 is 0 Å². The minimum Gasteiger partial charge on any atom is -0.278 e. The number of carbonyl (C=O) groups is 1. The first-order chi connectivity index (χ1) is 15.1. The molecule has 5 rings (SSSR count). The predicted molar refractivity (Wildman–Crippen MR) is 123 cm³/mol. The van der Waals surface area contributed by atoms with Crippen molar-refractivity contribution in [3.63, 3.8) is 0 Å². The van der Waals surface area contributed by atoms with Crippen LogP contribution in [0.4, 0.5) is 5.13 Å². The Kier molecular flexibility index (Phi) is 4.88. The van der Waals surface area contributed by atoms with Crippen LogP contribution in [0.2, 0.25) is 0 Å². The van der Waals surface area contributed by atoms with Crippen LogP contribution >= 0.6 is 11.3 Å². The summed E-state index contributed by atoms with van der Waals surface area (Å²) in [5.41, 5.74) is 5.79. The Bertz CT molecular complexity index is 1370. The number of hydrogen-bond donors (Lipinski definition) is 0. The highest BCUT2D eigenvalue weighted by Gasteiger charge is 2.24. The summed E-state index contributed by atoms with van der Waals surface area (Å²) >= 11 is 1.52. The lowest BCUT2D eigenvalue weighted by molar-refractivity contribution is 0.0980. The summed E-state index contributed by atoms with van der Waals surface area (Å²) in [6, 6.07) is 15.5. The topological polar surface area (TPSA) is 71.9 Å². The van der Waals surface area contributed by atoms with Gasteiger partial charge in [-0.15, -0.1) is 0 Å². The van der Waals surface area contributed by atoms with Crippen molar-refractivity contribution in [2.75, 3.05) is 4.90 Å². The van der Waals surface area contributed by atoms with Crippen molar-refractivity contribution in [1.29, 1.82) is 0 Å². The van der Waals surface area contributed by atoms with Crippen LogP contribution in [0.15, 0.2) is 67.1 Å². The van der Waals surface area contributed by atoms with Crippen LogP contribution in [0.3, 0.4) is 0 Å². The molecule has 31 heavy (non-hydrogen) atoms. The number of anilines is 1. The number of pyridine rings is 1. The molecule has 0 fully saturated rings. The van der Waals surface area contributed by atoms with Crippen LogP contribution in [-0.4, -0.2) is 25.8 Å². The van der Waals surface area contributed by atoms with E-state index in [1.54, 1.807) is 17.3 Å². The van der Waals surface area contributed by atoms with Crippen molar-refractivity contribution in [2.45, 2.75) is 20.4 Å². The molecular weight excluding hydrogens is 406 g/mol. The Morgan fingerprint density at radius 3 is 2.52 bits per heavy atom. The maximum Gasteiger partial charge on any atom is 0.280 e. The van der Waals surface area contributed by atoms with Crippen molar-refractivity contribution < 1.29 is 4.79 Å². The number of amides is 1. The predicted octanol–water partition coefficient (Wildman–Crippen LogP) is 5.10. The van der Waals surface area contributed by atoms with E-state index in [1.165, 1.54) is 17.5 Å². The normalized spacial score (nSPS) is 11.2. The summed E-state index contributed by atoms with van der Waals surface area (Å²) in [6.45, 7) is 4.44. The quantitative estimate of drug-likeness (QED) is 0.401. The van der Waals surface area contributed by atoms with Crippen molar-refractivity contribution in [2.24, 2.45) is 0 Å². The Hall–Kier alpha value is -3.71. The van der Waals surface area contributed by atoms with Crippen molar-refractivity contribution in [3.8, 4) is 0 Å². The molecule has 152 valence electrons. The van der Waals surface area contributed by atoms with Crippen LogP contribution in [0, 0.1) is 13.8 Å². The monoisotopic (exact) mass is 425 g/mol. The fraction of sp³-hybridized carbons (Fsp3) is 0.125. The van der Waals surface area contributed by atoms with E-state index >= 15 is 0 Å². The molecule has 0 N–H and O–H groups in total. The number of aromatic nitrogens is 4. The zero-order chi connectivity index (χ0) is 21.4. The number of hydrogen-bond acceptors (Lipinski definition) is 6. The van der Waals surface area contributed by atoms with Crippen molar-refractivity contribution in [1.82, 2.24) is 19.9 Å². The van der Waals surface area contributed by atoms with Gasteiger partial charge in [0.05, 0.1) is 34.0 Å². The van der Waals surface area contributed by atoms with Gasteiger partial charge in [-0.05, 0) is 48.7 Å². The van der Waals surface area contributed by atoms with Gasteiger partial charge in [-0.2, -0.15) is 0 Å². The summed E-state index contributed by atoms with van der Waals surface area (Å²) in [7, 11) is 0. The second-order valence-electron chi connectivity index (χ2n) is 7.37. The number of thiazole rings is 1. The van der Waals surface area contributed by atoms with Crippen LogP contribution < -0.4 is 4.90 Å². The molecule has 0 bridgehead atoms. The minimum absolute atomic E-state index is 0.239. The maximum absolute atomic E-state index is 13.6. The minimum atomic E-state index is -0.239. The van der Waals surface area contributed by atoms with Crippen molar-refractivity contribution in [3.05, 3.63) is 89.5 Å². The van der Waals surface area contributed by atoms with E-state index < -0.39 is 0 Å². The molecule has 0 saturated heterocycles. The molecule has 0 unspecified atom stereocenters. The van der Waals surface area contributed by atoms with E-state index in [0.29, 0.717) is 17.2 Å². The Balaban J connectivity index is 1.62. The van der Waals surface area contributed by atoms with E-state index in [9.17, 15) is 4.79 Å². The SMILES string of the molecule is Cc1ccc(C)c2sc(N(Cc3cccnc3)C(=O)c3cnc4ccccc4n3)nc12. The van der Waals surface area contributed by atoms with Crippen LogP contribution in [-0.2, 0) is 6.54 Å². The molecule has 3 heterocycles. The van der Waals surface area contributed by atoms with E-state index in [2.05, 4.69) is 34.0 Å². The van der Waals surface area contributed by atoms with Gasteiger partial charge in [0, 0.05) is 12.4 Å². The number of fused-ring (bicyclic) bond motifs is 2. The van der Waals surface area contributed by atoms with E-state index in [1.807, 2.05) is 43.3 Å². The summed E-state index contributed by atoms with van der Waals surface area (Å²) in [6.07, 6.45) is 5.01. The van der Waals surface area contributed by atoms with Crippen LogP contribution in [0.5, 0.6) is 0 Å². The second-order valence-corrected chi connectivity index (χ2v) is 8.35. The van der Waals surface area contributed by atoms with E-state index in [4.69, 9.17) is 4.98 Å². The smallest absolute Gasteiger partial charge is 0.278 e. The average molecular weight is 426 g/mol. The molecule has 0 spiro atoms. The fourth-order valence-electron chi connectivity index (χ4n) is 3.46. The van der Waals surface area contributed by atoms with Crippen LogP contribution in [0.1, 0.15) is 27.2 Å². The first kappa shape index (κ1) is 19.3. The Morgan fingerprint density at radius 2 is 1.74 bits per heavy atom. The summed E-state index contributed by atoms with van der Waals surface area (Å²) in [5.74, 6) is -0.239. The molecular formula is C24H19N5OS. The van der Waals surface area contributed by atoms with Gasteiger partial charge in [0.2, 0.25) is 0 Å². The van der Waals surface area contributed by atoms with Gasteiger partial charge < -0.3 is 0 Å². The molecule has 0 radical (unpaired) electrons. The molecule has 5 aromatic rings. The summed E-state index contributed by atoms with van der Waals surface area (Å²) < 4.78 is 1.09. The maximum atomic E-state index is 13.6. The molecule has 2 aromatic carbocycles. The number of carbonyl (C=O) groups excluding carboxylic acids is 1.